The van der Waals surface area contributed by atoms with Gasteiger partial charge in [0.2, 0.25) is 5.95 Å². The predicted octanol–water partition coefficient (Wildman–Crippen LogP) is 3.70. The number of aromatic nitrogens is 3. The zero-order chi connectivity index (χ0) is 14.4. The van der Waals surface area contributed by atoms with Crippen molar-refractivity contribution >= 4 is 44.6 Å². The lowest BCUT2D eigenvalue weighted by Crippen LogP contribution is -2.06. The van der Waals surface area contributed by atoms with Crippen molar-refractivity contribution in [1.82, 2.24) is 14.5 Å². The van der Waals surface area contributed by atoms with Gasteiger partial charge in [0.15, 0.2) is 17.3 Å². The number of benzene rings is 1. The number of hydrogen-bond donors (Lipinski definition) is 1. The van der Waals surface area contributed by atoms with Crippen LogP contribution >= 0.6 is 27.5 Å². The summed E-state index contributed by atoms with van der Waals surface area (Å²) in [6.45, 7) is 0. The number of fused-ring (bicyclic) bond motifs is 1. The average Bonchev–Trinajstić information content (AvgIpc) is 2.64. The van der Waals surface area contributed by atoms with E-state index in [1.807, 2.05) is 0 Å². The van der Waals surface area contributed by atoms with E-state index in [1.54, 1.807) is 0 Å². The normalized spacial score (nSPS) is 11.2. The van der Waals surface area contributed by atoms with Gasteiger partial charge in [-0.2, -0.15) is 0 Å². The topological polar surface area (TPSA) is 56.7 Å². The highest BCUT2D eigenvalue weighted by molar-refractivity contribution is 9.10. The Hall–Kier alpha value is -1.73. The maximum atomic E-state index is 14.0. The Balaban J connectivity index is 2.38. The molecule has 0 bridgehead atoms. The lowest BCUT2D eigenvalue weighted by Gasteiger charge is -2.09. The van der Waals surface area contributed by atoms with Crippen LogP contribution in [0.2, 0.25) is 5.02 Å². The van der Waals surface area contributed by atoms with Gasteiger partial charge in [0, 0.05) is 10.7 Å². The van der Waals surface area contributed by atoms with Crippen molar-refractivity contribution in [3.63, 3.8) is 0 Å². The van der Waals surface area contributed by atoms with E-state index in [0.717, 1.165) is 16.7 Å². The molecule has 2 heterocycles. The first-order chi connectivity index (χ1) is 9.47. The van der Waals surface area contributed by atoms with Gasteiger partial charge in [0.05, 0.1) is 5.02 Å². The zero-order valence-corrected chi connectivity index (χ0v) is 12.1. The first-order valence-electron chi connectivity index (χ1n) is 5.42. The van der Waals surface area contributed by atoms with E-state index in [2.05, 4.69) is 25.9 Å². The molecule has 20 heavy (non-hydrogen) atoms. The minimum Gasteiger partial charge on any atom is -0.369 e. The SMILES string of the molecule is Nc1nc2cc(Cl)cnc2n1-c1c(F)cc(Br)cc1F. The summed E-state index contributed by atoms with van der Waals surface area (Å²) in [7, 11) is 0. The van der Waals surface area contributed by atoms with Gasteiger partial charge in [-0.25, -0.2) is 18.7 Å². The molecule has 0 aliphatic heterocycles. The fraction of sp³-hybridized carbons (Fsp3) is 0. The van der Waals surface area contributed by atoms with E-state index >= 15 is 0 Å². The summed E-state index contributed by atoms with van der Waals surface area (Å²) in [5.41, 5.74) is 5.99. The maximum Gasteiger partial charge on any atom is 0.207 e. The van der Waals surface area contributed by atoms with Crippen molar-refractivity contribution in [2.45, 2.75) is 0 Å². The number of pyridine rings is 1. The van der Waals surface area contributed by atoms with Gasteiger partial charge in [0.25, 0.3) is 0 Å². The number of anilines is 1. The highest BCUT2D eigenvalue weighted by Crippen LogP contribution is 2.28. The standard InChI is InChI=1S/C12H6BrClF2N4/c13-5-1-7(15)10(8(16)2-5)20-11-9(19-12(20)17)3-6(14)4-18-11/h1-4H,(H2,17,19). The Morgan fingerprint density at radius 3 is 2.50 bits per heavy atom. The summed E-state index contributed by atoms with van der Waals surface area (Å²) < 4.78 is 29.5. The molecule has 0 aliphatic rings. The molecule has 2 aromatic heterocycles. The molecule has 2 N–H and O–H groups in total. The molecule has 0 fully saturated rings. The zero-order valence-electron chi connectivity index (χ0n) is 9.74. The van der Waals surface area contributed by atoms with Crippen molar-refractivity contribution < 1.29 is 8.78 Å². The first kappa shape index (κ1) is 13.3. The first-order valence-corrected chi connectivity index (χ1v) is 6.59. The number of nitrogens with two attached hydrogens (primary N) is 1. The fourth-order valence-corrected chi connectivity index (χ4v) is 2.48. The average molecular weight is 360 g/mol. The smallest absolute Gasteiger partial charge is 0.207 e. The molecule has 1 aromatic carbocycles. The van der Waals surface area contributed by atoms with Crippen LogP contribution < -0.4 is 5.73 Å². The minimum absolute atomic E-state index is 0.0742. The number of halogens is 4. The summed E-state index contributed by atoms with van der Waals surface area (Å²) in [5.74, 6) is -1.63. The van der Waals surface area contributed by atoms with Crippen LogP contribution in [0.5, 0.6) is 0 Å². The molecule has 0 saturated carbocycles. The van der Waals surface area contributed by atoms with Crippen LogP contribution in [0.15, 0.2) is 28.9 Å². The van der Waals surface area contributed by atoms with E-state index in [4.69, 9.17) is 17.3 Å². The molecule has 0 atom stereocenters. The van der Waals surface area contributed by atoms with Crippen LogP contribution in [0.4, 0.5) is 14.7 Å². The number of nitrogens with zero attached hydrogens (tertiary/aromatic N) is 3. The molecule has 8 heteroatoms. The van der Waals surface area contributed by atoms with Crippen LogP contribution in [0, 0.1) is 11.6 Å². The van der Waals surface area contributed by atoms with Crippen LogP contribution in [0.3, 0.4) is 0 Å². The van der Waals surface area contributed by atoms with Crippen LogP contribution in [-0.4, -0.2) is 14.5 Å². The lowest BCUT2D eigenvalue weighted by atomic mass is 10.3. The van der Waals surface area contributed by atoms with Crippen LogP contribution in [-0.2, 0) is 0 Å². The molecule has 0 amide bonds. The molecular formula is C12H6BrClF2N4. The van der Waals surface area contributed by atoms with Gasteiger partial charge in [-0.1, -0.05) is 27.5 Å². The Morgan fingerprint density at radius 1 is 1.20 bits per heavy atom. The molecule has 0 aliphatic carbocycles. The van der Waals surface area contributed by atoms with Crippen molar-refractivity contribution in [2.24, 2.45) is 0 Å². The van der Waals surface area contributed by atoms with E-state index in [9.17, 15) is 8.78 Å². The van der Waals surface area contributed by atoms with Crippen molar-refractivity contribution in [3.05, 3.63) is 45.5 Å². The predicted molar refractivity (Wildman–Crippen MR) is 75.9 cm³/mol. The number of rotatable bonds is 1. The molecule has 102 valence electrons. The van der Waals surface area contributed by atoms with Gasteiger partial charge in [-0.15, -0.1) is 0 Å². The van der Waals surface area contributed by atoms with Crippen molar-refractivity contribution in [2.75, 3.05) is 5.73 Å². The maximum absolute atomic E-state index is 14.0. The molecule has 4 nitrogen and oxygen atoms in total. The van der Waals surface area contributed by atoms with E-state index < -0.39 is 11.6 Å². The third kappa shape index (κ3) is 2.03. The van der Waals surface area contributed by atoms with Crippen molar-refractivity contribution in [1.29, 1.82) is 0 Å². The van der Waals surface area contributed by atoms with Gasteiger partial charge in [-0.05, 0) is 18.2 Å². The second kappa shape index (κ2) is 4.68. The Morgan fingerprint density at radius 2 is 1.85 bits per heavy atom. The minimum atomic E-state index is -0.778. The summed E-state index contributed by atoms with van der Waals surface area (Å²) in [4.78, 5) is 8.03. The molecule has 0 unspecified atom stereocenters. The van der Waals surface area contributed by atoms with Gasteiger partial charge in [0.1, 0.15) is 11.2 Å². The largest absolute Gasteiger partial charge is 0.369 e. The number of nitrogen functional groups attached to an aromatic ring is 1. The molecule has 3 rings (SSSR count). The molecule has 0 radical (unpaired) electrons. The van der Waals surface area contributed by atoms with E-state index in [0.29, 0.717) is 10.5 Å². The molecule has 3 aromatic rings. The highest BCUT2D eigenvalue weighted by Gasteiger charge is 2.19. The monoisotopic (exact) mass is 358 g/mol. The second-order valence-corrected chi connectivity index (χ2v) is 5.37. The quantitative estimate of drug-likeness (QED) is 0.721. The van der Waals surface area contributed by atoms with E-state index in [-0.39, 0.29) is 21.8 Å². The van der Waals surface area contributed by atoms with Crippen molar-refractivity contribution in [3.8, 4) is 5.69 Å². The molecule has 0 saturated heterocycles. The van der Waals surface area contributed by atoms with Gasteiger partial charge >= 0.3 is 0 Å². The molecular weight excluding hydrogens is 354 g/mol. The Kier molecular flexibility index (Phi) is 3.10. The van der Waals surface area contributed by atoms with Crippen LogP contribution in [0.25, 0.3) is 16.9 Å². The summed E-state index contributed by atoms with van der Waals surface area (Å²) in [6, 6.07) is 3.80. The van der Waals surface area contributed by atoms with E-state index in [1.165, 1.54) is 12.3 Å². The fourth-order valence-electron chi connectivity index (χ4n) is 1.93. The van der Waals surface area contributed by atoms with Gasteiger partial charge < -0.3 is 5.73 Å². The second-order valence-electron chi connectivity index (χ2n) is 4.02. The highest BCUT2D eigenvalue weighted by atomic mass is 79.9. The summed E-state index contributed by atoms with van der Waals surface area (Å²) in [6.07, 6.45) is 1.36. The summed E-state index contributed by atoms with van der Waals surface area (Å²) in [5, 5.41) is 0.360. The summed E-state index contributed by atoms with van der Waals surface area (Å²) >= 11 is 8.82. The third-order valence-corrected chi connectivity index (χ3v) is 3.36. The Labute approximate surface area is 125 Å². The number of imidazole rings is 1. The lowest BCUT2D eigenvalue weighted by molar-refractivity contribution is 0.570. The van der Waals surface area contributed by atoms with Gasteiger partial charge in [-0.3, -0.25) is 4.57 Å². The van der Waals surface area contributed by atoms with Crippen LogP contribution in [0.1, 0.15) is 0 Å². The Bertz CT molecular complexity index is 811. The number of hydrogen-bond acceptors (Lipinski definition) is 3. The molecule has 0 spiro atoms. The third-order valence-electron chi connectivity index (χ3n) is 2.70.